The van der Waals surface area contributed by atoms with E-state index < -0.39 is 23.8 Å². The molecule has 1 unspecified atom stereocenters. The molecule has 1 heterocycles. The first-order chi connectivity index (χ1) is 8.97. The Labute approximate surface area is 112 Å². The Morgan fingerprint density at radius 1 is 1.42 bits per heavy atom. The van der Waals surface area contributed by atoms with E-state index in [9.17, 15) is 14.4 Å². The van der Waals surface area contributed by atoms with E-state index >= 15 is 0 Å². The van der Waals surface area contributed by atoms with Crippen LogP contribution in [0.15, 0.2) is 17.6 Å². The van der Waals surface area contributed by atoms with E-state index in [-0.39, 0.29) is 6.54 Å². The van der Waals surface area contributed by atoms with Gasteiger partial charge in [0.25, 0.3) is 0 Å². The lowest BCUT2D eigenvalue weighted by Crippen LogP contribution is -2.58. The number of urea groups is 1. The number of aliphatic imine (C=N–C) groups is 1. The topological polar surface area (TPSA) is 82.1 Å². The fraction of sp³-hybridized carbons (Fsp3) is 0.500. The van der Waals surface area contributed by atoms with Crippen molar-refractivity contribution >= 4 is 24.1 Å². The van der Waals surface area contributed by atoms with Crippen LogP contribution in [0.5, 0.6) is 0 Å². The molecule has 1 N–H and O–H groups in total. The zero-order valence-electron chi connectivity index (χ0n) is 11.1. The van der Waals surface area contributed by atoms with Gasteiger partial charge in [0.05, 0.1) is 6.54 Å². The lowest BCUT2D eigenvalue weighted by atomic mass is 10.1. The zero-order valence-corrected chi connectivity index (χ0v) is 11.1. The third-order valence-electron chi connectivity index (χ3n) is 2.53. The van der Waals surface area contributed by atoms with Crippen molar-refractivity contribution in [3.8, 4) is 0 Å². The molecule has 0 aromatic carbocycles. The second-order valence-electron chi connectivity index (χ2n) is 4.37. The first-order valence-electron chi connectivity index (χ1n) is 5.89. The molecule has 0 aliphatic carbocycles. The Balaban J connectivity index is 2.70. The van der Waals surface area contributed by atoms with Crippen LogP contribution in [0.2, 0.25) is 0 Å². The average Bonchev–Trinajstić information content (AvgIpc) is 2.33. The van der Waals surface area contributed by atoms with Crippen LogP contribution < -0.4 is 5.32 Å². The minimum absolute atomic E-state index is 0.0694. The number of likely N-dealkylation sites (N-methyl/N-ethyl adjacent to an activating group) is 1. The summed E-state index contributed by atoms with van der Waals surface area (Å²) in [5.74, 6) is -2.24. The number of nitrogens with zero attached hydrogens (tertiary/aromatic N) is 3. The van der Waals surface area contributed by atoms with Crippen LogP contribution in [0.1, 0.15) is 0 Å². The monoisotopic (exact) mass is 266 g/mol. The predicted molar refractivity (Wildman–Crippen MR) is 70.9 cm³/mol. The van der Waals surface area contributed by atoms with Crippen LogP contribution in [-0.2, 0) is 9.59 Å². The van der Waals surface area contributed by atoms with E-state index in [0.29, 0.717) is 13.1 Å². The fourth-order valence-corrected chi connectivity index (χ4v) is 1.50. The number of hydrogen-bond acceptors (Lipinski definition) is 5. The summed E-state index contributed by atoms with van der Waals surface area (Å²) in [6, 6.07) is -0.715. The molecule has 19 heavy (non-hydrogen) atoms. The van der Waals surface area contributed by atoms with Crippen molar-refractivity contribution in [2.45, 2.75) is 0 Å². The predicted octanol–water partition coefficient (Wildman–Crippen LogP) is -0.501. The minimum Gasteiger partial charge on any atom is -0.308 e. The molecule has 0 aromatic heterocycles. The molecule has 0 bridgehead atoms. The summed E-state index contributed by atoms with van der Waals surface area (Å²) in [5, 5.41) is 2.12. The summed E-state index contributed by atoms with van der Waals surface area (Å²) in [6.45, 7) is 4.74. The molecule has 0 aromatic rings. The highest BCUT2D eigenvalue weighted by Gasteiger charge is 2.38. The Morgan fingerprint density at radius 2 is 2.11 bits per heavy atom. The van der Waals surface area contributed by atoms with Gasteiger partial charge in [-0.2, -0.15) is 0 Å². The van der Waals surface area contributed by atoms with Crippen molar-refractivity contribution in [2.24, 2.45) is 10.9 Å². The molecule has 1 rings (SSSR count). The summed E-state index contributed by atoms with van der Waals surface area (Å²) >= 11 is 0. The van der Waals surface area contributed by atoms with Crippen molar-refractivity contribution in [1.82, 2.24) is 15.1 Å². The fourth-order valence-electron chi connectivity index (χ4n) is 1.50. The lowest BCUT2D eigenvalue weighted by Gasteiger charge is -2.27. The number of imide groups is 2. The van der Waals surface area contributed by atoms with Crippen LogP contribution in [0.25, 0.3) is 0 Å². The SMILES string of the molecule is C=CCN1C(=O)NC(=O)C(C=NCCN(C)C)C1=O. The van der Waals surface area contributed by atoms with E-state index in [4.69, 9.17) is 0 Å². The van der Waals surface area contributed by atoms with E-state index in [1.54, 1.807) is 0 Å². The maximum Gasteiger partial charge on any atom is 0.331 e. The maximum atomic E-state index is 12.0. The molecular formula is C12H18N4O3. The van der Waals surface area contributed by atoms with E-state index in [0.717, 1.165) is 4.90 Å². The number of carbonyl (C=O) groups excluding carboxylic acids is 3. The van der Waals surface area contributed by atoms with Crippen LogP contribution in [0.3, 0.4) is 0 Å². The van der Waals surface area contributed by atoms with Crippen LogP contribution in [-0.4, -0.2) is 67.6 Å². The molecule has 1 fully saturated rings. The Hall–Kier alpha value is -2.02. The van der Waals surface area contributed by atoms with Crippen molar-refractivity contribution in [3.63, 3.8) is 0 Å². The number of rotatable bonds is 6. The molecule has 104 valence electrons. The Kier molecular flexibility index (Phi) is 5.37. The van der Waals surface area contributed by atoms with Gasteiger partial charge in [0.15, 0.2) is 5.92 Å². The molecule has 0 saturated carbocycles. The zero-order chi connectivity index (χ0) is 14.4. The molecule has 7 nitrogen and oxygen atoms in total. The first-order valence-corrected chi connectivity index (χ1v) is 5.89. The van der Waals surface area contributed by atoms with Crippen LogP contribution in [0, 0.1) is 5.92 Å². The van der Waals surface area contributed by atoms with Gasteiger partial charge in [-0.15, -0.1) is 6.58 Å². The second kappa shape index (κ2) is 6.79. The van der Waals surface area contributed by atoms with Gasteiger partial charge in [-0.3, -0.25) is 24.8 Å². The first kappa shape index (κ1) is 15.0. The second-order valence-corrected chi connectivity index (χ2v) is 4.37. The largest absolute Gasteiger partial charge is 0.331 e. The van der Waals surface area contributed by atoms with Gasteiger partial charge < -0.3 is 4.90 Å². The summed E-state index contributed by atoms with van der Waals surface area (Å²) in [4.78, 5) is 41.9. The van der Waals surface area contributed by atoms with Crippen LogP contribution in [0.4, 0.5) is 4.79 Å². The summed E-state index contributed by atoms with van der Waals surface area (Å²) in [7, 11) is 3.80. The highest BCUT2D eigenvalue weighted by atomic mass is 16.2. The molecule has 1 saturated heterocycles. The highest BCUT2D eigenvalue weighted by Crippen LogP contribution is 2.08. The normalized spacial score (nSPS) is 20.3. The van der Waals surface area contributed by atoms with Gasteiger partial charge in [0.1, 0.15) is 0 Å². The molecule has 1 aliphatic heterocycles. The molecule has 0 spiro atoms. The maximum absolute atomic E-state index is 12.0. The molecular weight excluding hydrogens is 248 g/mol. The lowest BCUT2D eigenvalue weighted by molar-refractivity contribution is -0.138. The average molecular weight is 266 g/mol. The molecule has 0 radical (unpaired) electrons. The quantitative estimate of drug-likeness (QED) is 0.399. The summed E-state index contributed by atoms with van der Waals surface area (Å²) in [6.07, 6.45) is 2.72. The van der Waals surface area contributed by atoms with E-state index in [1.165, 1.54) is 12.3 Å². The number of hydrogen-bond donors (Lipinski definition) is 1. The summed E-state index contributed by atoms with van der Waals surface area (Å²) in [5.41, 5.74) is 0. The highest BCUT2D eigenvalue weighted by molar-refractivity contribution is 6.23. The number of barbiturate groups is 1. The van der Waals surface area contributed by atoms with Gasteiger partial charge in [-0.05, 0) is 14.1 Å². The minimum atomic E-state index is -1.04. The van der Waals surface area contributed by atoms with Crippen molar-refractivity contribution in [3.05, 3.63) is 12.7 Å². The molecule has 1 aliphatic rings. The Bertz CT molecular complexity index is 417. The van der Waals surface area contributed by atoms with E-state index in [1.807, 2.05) is 19.0 Å². The molecule has 7 heteroatoms. The number of carbonyl (C=O) groups is 3. The van der Waals surface area contributed by atoms with Crippen LogP contribution >= 0.6 is 0 Å². The van der Waals surface area contributed by atoms with Crippen molar-refractivity contribution < 1.29 is 14.4 Å². The molecule has 4 amide bonds. The van der Waals surface area contributed by atoms with Crippen molar-refractivity contribution in [2.75, 3.05) is 33.7 Å². The van der Waals surface area contributed by atoms with Gasteiger partial charge in [-0.25, -0.2) is 4.79 Å². The molecule has 1 atom stereocenters. The Morgan fingerprint density at radius 3 is 2.68 bits per heavy atom. The van der Waals surface area contributed by atoms with Gasteiger partial charge in [0, 0.05) is 19.3 Å². The van der Waals surface area contributed by atoms with Gasteiger partial charge in [-0.1, -0.05) is 6.08 Å². The number of nitrogens with one attached hydrogen (secondary N) is 1. The standard InChI is InChI=1S/C12H18N4O3/c1-4-6-16-11(18)9(10(17)14-12(16)19)8-13-5-7-15(2)3/h4,8-9H,1,5-7H2,2-3H3,(H,14,17,19). The third-order valence-corrected chi connectivity index (χ3v) is 2.53. The summed E-state index contributed by atoms with van der Waals surface area (Å²) < 4.78 is 0. The van der Waals surface area contributed by atoms with Gasteiger partial charge >= 0.3 is 6.03 Å². The third kappa shape index (κ3) is 3.99. The van der Waals surface area contributed by atoms with Gasteiger partial charge in [0.2, 0.25) is 11.8 Å². The van der Waals surface area contributed by atoms with E-state index in [2.05, 4.69) is 16.9 Å². The smallest absolute Gasteiger partial charge is 0.308 e. The number of amides is 4. The van der Waals surface area contributed by atoms with Crippen molar-refractivity contribution in [1.29, 1.82) is 0 Å².